The van der Waals surface area contributed by atoms with Gasteiger partial charge in [-0.15, -0.1) is 0 Å². The van der Waals surface area contributed by atoms with Crippen molar-refractivity contribution in [2.45, 2.75) is 63.5 Å². The minimum atomic E-state index is -0.139. The Morgan fingerprint density at radius 2 is 1.88 bits per heavy atom. The molecule has 1 saturated carbocycles. The van der Waals surface area contributed by atoms with Gasteiger partial charge in [-0.2, -0.15) is 0 Å². The second-order valence-electron chi connectivity index (χ2n) is 7.20. The van der Waals surface area contributed by atoms with E-state index < -0.39 is 0 Å². The van der Waals surface area contributed by atoms with Gasteiger partial charge in [-0.1, -0.05) is 19.3 Å². The number of likely N-dealkylation sites (N-methyl/N-ethyl adjacent to an activating group) is 1. The van der Waals surface area contributed by atoms with Gasteiger partial charge in [0.05, 0.1) is 18.7 Å². The standard InChI is InChI=1S/C18H33N3O3/c1-20(2)18(23)16-10-6-12-21(16)14-17(22)19-11-7-13-24-15-8-4-3-5-9-15/h15-16H,3-14H2,1-2H3,(H,19,22). The quantitative estimate of drug-likeness (QED) is 0.679. The lowest BCUT2D eigenvalue weighted by Crippen LogP contribution is -2.46. The molecule has 0 spiro atoms. The lowest BCUT2D eigenvalue weighted by molar-refractivity contribution is -0.134. The third-order valence-corrected chi connectivity index (χ3v) is 4.99. The van der Waals surface area contributed by atoms with Crippen LogP contribution in [0.2, 0.25) is 0 Å². The second kappa shape index (κ2) is 9.99. The van der Waals surface area contributed by atoms with Crippen LogP contribution in [0.5, 0.6) is 0 Å². The van der Waals surface area contributed by atoms with Crippen molar-refractivity contribution in [3.63, 3.8) is 0 Å². The molecule has 6 heteroatoms. The van der Waals surface area contributed by atoms with Crippen molar-refractivity contribution < 1.29 is 14.3 Å². The molecule has 6 nitrogen and oxygen atoms in total. The molecule has 2 aliphatic rings. The van der Waals surface area contributed by atoms with Crippen LogP contribution in [0.25, 0.3) is 0 Å². The summed E-state index contributed by atoms with van der Waals surface area (Å²) < 4.78 is 5.86. The zero-order valence-corrected chi connectivity index (χ0v) is 15.3. The van der Waals surface area contributed by atoms with E-state index in [1.54, 1.807) is 19.0 Å². The summed E-state index contributed by atoms with van der Waals surface area (Å²) in [7, 11) is 3.54. The van der Waals surface area contributed by atoms with Crippen LogP contribution in [-0.2, 0) is 14.3 Å². The first-order valence-electron chi connectivity index (χ1n) is 9.41. The van der Waals surface area contributed by atoms with E-state index in [1.807, 2.05) is 4.90 Å². The molecule has 1 aliphatic carbocycles. The molecule has 1 heterocycles. The predicted octanol–water partition coefficient (Wildman–Crippen LogP) is 1.39. The zero-order chi connectivity index (χ0) is 17.4. The van der Waals surface area contributed by atoms with Gasteiger partial charge in [0.1, 0.15) is 0 Å². The number of nitrogens with one attached hydrogen (secondary N) is 1. The maximum Gasteiger partial charge on any atom is 0.239 e. The van der Waals surface area contributed by atoms with E-state index in [4.69, 9.17) is 4.74 Å². The summed E-state index contributed by atoms with van der Waals surface area (Å²) in [5.41, 5.74) is 0. The van der Waals surface area contributed by atoms with Gasteiger partial charge < -0.3 is 15.0 Å². The highest BCUT2D eigenvalue weighted by Gasteiger charge is 2.32. The normalized spacial score (nSPS) is 22.5. The number of amides is 2. The molecule has 2 amide bonds. The smallest absolute Gasteiger partial charge is 0.239 e. The third-order valence-electron chi connectivity index (χ3n) is 4.99. The number of carbonyl (C=O) groups is 2. The molecule has 138 valence electrons. The Bertz CT molecular complexity index is 408. The van der Waals surface area contributed by atoms with Crippen LogP contribution >= 0.6 is 0 Å². The van der Waals surface area contributed by atoms with Gasteiger partial charge in [-0.3, -0.25) is 14.5 Å². The largest absolute Gasteiger partial charge is 0.378 e. The Hall–Kier alpha value is -1.14. The number of nitrogens with zero attached hydrogens (tertiary/aromatic N) is 2. The van der Waals surface area contributed by atoms with E-state index in [1.165, 1.54) is 32.1 Å². The Morgan fingerprint density at radius 3 is 2.58 bits per heavy atom. The van der Waals surface area contributed by atoms with Gasteiger partial charge in [0.25, 0.3) is 0 Å². The van der Waals surface area contributed by atoms with Gasteiger partial charge >= 0.3 is 0 Å². The summed E-state index contributed by atoms with van der Waals surface area (Å²) in [6.07, 6.45) is 9.37. The Kier molecular flexibility index (Phi) is 7.99. The molecule has 1 aliphatic heterocycles. The van der Waals surface area contributed by atoms with E-state index in [9.17, 15) is 9.59 Å². The molecule has 24 heavy (non-hydrogen) atoms. The summed E-state index contributed by atoms with van der Waals surface area (Å²) in [6.45, 7) is 2.50. The summed E-state index contributed by atoms with van der Waals surface area (Å²) in [4.78, 5) is 27.8. The highest BCUT2D eigenvalue weighted by molar-refractivity contribution is 5.83. The molecule has 1 saturated heterocycles. The molecule has 2 rings (SSSR count). The molecule has 0 aromatic heterocycles. The monoisotopic (exact) mass is 339 g/mol. The molecular formula is C18H33N3O3. The first-order chi connectivity index (χ1) is 11.6. The van der Waals surface area contributed by atoms with Crippen molar-refractivity contribution in [3.8, 4) is 0 Å². The van der Waals surface area contributed by atoms with Crippen LogP contribution < -0.4 is 5.32 Å². The first kappa shape index (κ1) is 19.2. The van der Waals surface area contributed by atoms with E-state index in [2.05, 4.69) is 5.32 Å². The lowest BCUT2D eigenvalue weighted by atomic mass is 9.98. The van der Waals surface area contributed by atoms with Crippen molar-refractivity contribution in [1.82, 2.24) is 15.1 Å². The third kappa shape index (κ3) is 6.06. The number of carbonyl (C=O) groups excluding carboxylic acids is 2. The van der Waals surface area contributed by atoms with Crippen molar-refractivity contribution in [2.75, 3.05) is 40.3 Å². The summed E-state index contributed by atoms with van der Waals surface area (Å²) >= 11 is 0. The molecule has 0 bridgehead atoms. The molecule has 1 N–H and O–H groups in total. The van der Waals surface area contributed by atoms with Gasteiger partial charge in [0.15, 0.2) is 0 Å². The summed E-state index contributed by atoms with van der Waals surface area (Å²) in [5.74, 6) is 0.104. The number of hydrogen-bond acceptors (Lipinski definition) is 4. The molecule has 0 radical (unpaired) electrons. The van der Waals surface area contributed by atoms with Crippen molar-refractivity contribution >= 4 is 11.8 Å². The fourth-order valence-electron chi connectivity index (χ4n) is 3.62. The SMILES string of the molecule is CN(C)C(=O)C1CCCN1CC(=O)NCCCOC1CCCCC1. The van der Waals surface area contributed by atoms with Crippen LogP contribution in [0.1, 0.15) is 51.4 Å². The zero-order valence-electron chi connectivity index (χ0n) is 15.3. The predicted molar refractivity (Wildman–Crippen MR) is 93.7 cm³/mol. The van der Waals surface area contributed by atoms with Crippen LogP contribution in [0.4, 0.5) is 0 Å². The van der Waals surface area contributed by atoms with Crippen LogP contribution in [0.15, 0.2) is 0 Å². The average molecular weight is 339 g/mol. The van der Waals surface area contributed by atoms with E-state index in [-0.39, 0.29) is 17.9 Å². The van der Waals surface area contributed by atoms with Gasteiger partial charge in [-0.05, 0) is 38.6 Å². The number of ether oxygens (including phenoxy) is 1. The number of rotatable bonds is 8. The molecule has 1 atom stereocenters. The maximum atomic E-state index is 12.1. The molecule has 0 aromatic carbocycles. The lowest BCUT2D eigenvalue weighted by Gasteiger charge is -2.25. The maximum absolute atomic E-state index is 12.1. The van der Waals surface area contributed by atoms with Crippen molar-refractivity contribution in [1.29, 1.82) is 0 Å². The number of likely N-dealkylation sites (tertiary alicyclic amines) is 1. The van der Waals surface area contributed by atoms with E-state index in [0.29, 0.717) is 19.2 Å². The van der Waals surface area contributed by atoms with Gasteiger partial charge in [-0.25, -0.2) is 0 Å². The summed E-state index contributed by atoms with van der Waals surface area (Å²) in [6, 6.07) is -0.139. The van der Waals surface area contributed by atoms with E-state index in [0.717, 1.165) is 32.4 Å². The minimum absolute atomic E-state index is 0.00567. The fourth-order valence-corrected chi connectivity index (χ4v) is 3.62. The van der Waals surface area contributed by atoms with E-state index >= 15 is 0 Å². The molecule has 0 aromatic rings. The highest BCUT2D eigenvalue weighted by atomic mass is 16.5. The topological polar surface area (TPSA) is 61.9 Å². The molecule has 2 fully saturated rings. The Morgan fingerprint density at radius 1 is 1.12 bits per heavy atom. The first-order valence-corrected chi connectivity index (χ1v) is 9.41. The minimum Gasteiger partial charge on any atom is -0.378 e. The van der Waals surface area contributed by atoms with Crippen molar-refractivity contribution in [3.05, 3.63) is 0 Å². The van der Waals surface area contributed by atoms with Crippen LogP contribution in [0, 0.1) is 0 Å². The second-order valence-corrected chi connectivity index (χ2v) is 7.20. The molecular weight excluding hydrogens is 306 g/mol. The van der Waals surface area contributed by atoms with Gasteiger partial charge in [0.2, 0.25) is 11.8 Å². The fraction of sp³-hybridized carbons (Fsp3) is 0.889. The Balaban J connectivity index is 1.58. The average Bonchev–Trinajstić information content (AvgIpc) is 3.02. The highest BCUT2D eigenvalue weighted by Crippen LogP contribution is 2.20. The summed E-state index contributed by atoms with van der Waals surface area (Å²) in [5, 5.41) is 2.95. The van der Waals surface area contributed by atoms with Crippen molar-refractivity contribution in [2.24, 2.45) is 0 Å². The van der Waals surface area contributed by atoms with Crippen LogP contribution in [-0.4, -0.2) is 74.1 Å². The van der Waals surface area contributed by atoms with Gasteiger partial charge in [0, 0.05) is 27.2 Å². The molecule has 1 unspecified atom stereocenters. The number of hydrogen-bond donors (Lipinski definition) is 1. The van der Waals surface area contributed by atoms with Crippen LogP contribution in [0.3, 0.4) is 0 Å². The Labute approximate surface area is 145 Å².